The van der Waals surface area contributed by atoms with Crippen LogP contribution in [0.2, 0.25) is 0 Å². The van der Waals surface area contributed by atoms with E-state index in [4.69, 9.17) is 18.9 Å². The SMILES string of the molecule is COc1ccc2c(OC)c3c(nc2c1OC)O[C@H](C(C)(C)O)[C@H]3O. The van der Waals surface area contributed by atoms with Gasteiger partial charge in [0, 0.05) is 5.39 Å². The molecule has 130 valence electrons. The van der Waals surface area contributed by atoms with Gasteiger partial charge < -0.3 is 29.2 Å². The van der Waals surface area contributed by atoms with E-state index in [0.717, 1.165) is 0 Å². The predicted molar refractivity (Wildman–Crippen MR) is 87.1 cm³/mol. The van der Waals surface area contributed by atoms with E-state index < -0.39 is 17.8 Å². The zero-order chi connectivity index (χ0) is 17.6. The van der Waals surface area contributed by atoms with Crippen molar-refractivity contribution >= 4 is 10.9 Å². The van der Waals surface area contributed by atoms with Gasteiger partial charge in [-0.2, -0.15) is 0 Å². The molecule has 7 nitrogen and oxygen atoms in total. The van der Waals surface area contributed by atoms with Crippen molar-refractivity contribution in [3.8, 4) is 23.1 Å². The summed E-state index contributed by atoms with van der Waals surface area (Å²) in [6, 6.07) is 3.53. The molecule has 2 aromatic rings. The number of hydrogen-bond donors (Lipinski definition) is 2. The fourth-order valence-corrected chi connectivity index (χ4v) is 3.05. The smallest absolute Gasteiger partial charge is 0.224 e. The maximum absolute atomic E-state index is 10.6. The summed E-state index contributed by atoms with van der Waals surface area (Å²) in [6.45, 7) is 3.14. The lowest BCUT2D eigenvalue weighted by atomic mass is 9.94. The van der Waals surface area contributed by atoms with Gasteiger partial charge in [-0.25, -0.2) is 4.98 Å². The molecule has 1 aromatic carbocycles. The van der Waals surface area contributed by atoms with Gasteiger partial charge in [-0.15, -0.1) is 0 Å². The normalized spacial score (nSPS) is 19.8. The molecule has 3 rings (SSSR count). The largest absolute Gasteiger partial charge is 0.495 e. The number of nitrogens with zero attached hydrogens (tertiary/aromatic N) is 1. The molecule has 1 aromatic heterocycles. The molecule has 2 heterocycles. The highest BCUT2D eigenvalue weighted by Crippen LogP contribution is 2.49. The summed E-state index contributed by atoms with van der Waals surface area (Å²) in [7, 11) is 4.57. The third-order valence-corrected chi connectivity index (χ3v) is 4.17. The standard InChI is InChI=1S/C17H21NO6/c1-17(2,20)15-12(19)10-13(22-4)8-6-7-9(21-3)14(23-5)11(8)18-16(10)24-15/h6-7,12,15,19-20H,1-5H3/t12-,15-/m0/s1. The number of fused-ring (bicyclic) bond motifs is 2. The van der Waals surface area contributed by atoms with Crippen LogP contribution in [-0.2, 0) is 0 Å². The van der Waals surface area contributed by atoms with Gasteiger partial charge in [0.2, 0.25) is 5.88 Å². The highest BCUT2D eigenvalue weighted by molar-refractivity contribution is 5.94. The van der Waals surface area contributed by atoms with E-state index in [0.29, 0.717) is 33.7 Å². The molecule has 1 aliphatic rings. The Morgan fingerprint density at radius 1 is 1.08 bits per heavy atom. The Kier molecular flexibility index (Phi) is 3.93. The highest BCUT2D eigenvalue weighted by atomic mass is 16.5. The van der Waals surface area contributed by atoms with Crippen LogP contribution < -0.4 is 18.9 Å². The van der Waals surface area contributed by atoms with Gasteiger partial charge >= 0.3 is 0 Å². The van der Waals surface area contributed by atoms with Gasteiger partial charge in [-0.05, 0) is 26.0 Å². The number of rotatable bonds is 4. The van der Waals surface area contributed by atoms with Crippen molar-refractivity contribution in [2.75, 3.05) is 21.3 Å². The average Bonchev–Trinajstić information content (AvgIpc) is 2.88. The number of pyridine rings is 1. The van der Waals surface area contributed by atoms with Crippen LogP contribution in [-0.4, -0.2) is 48.2 Å². The van der Waals surface area contributed by atoms with Crippen molar-refractivity contribution in [2.24, 2.45) is 0 Å². The molecular weight excluding hydrogens is 314 g/mol. The van der Waals surface area contributed by atoms with Crippen LogP contribution in [0.1, 0.15) is 25.5 Å². The van der Waals surface area contributed by atoms with Crippen LogP contribution in [0.5, 0.6) is 23.1 Å². The second-order valence-electron chi connectivity index (χ2n) is 6.20. The number of aliphatic hydroxyl groups excluding tert-OH is 1. The Morgan fingerprint density at radius 3 is 2.29 bits per heavy atom. The van der Waals surface area contributed by atoms with E-state index in [1.807, 2.05) is 0 Å². The average molecular weight is 335 g/mol. The van der Waals surface area contributed by atoms with Gasteiger partial charge in [0.25, 0.3) is 0 Å². The molecule has 0 spiro atoms. The maximum atomic E-state index is 10.6. The lowest BCUT2D eigenvalue weighted by Crippen LogP contribution is -2.41. The monoisotopic (exact) mass is 335 g/mol. The highest BCUT2D eigenvalue weighted by Gasteiger charge is 2.45. The summed E-state index contributed by atoms with van der Waals surface area (Å²) in [5.74, 6) is 1.62. The first-order valence-electron chi connectivity index (χ1n) is 7.53. The van der Waals surface area contributed by atoms with Crippen molar-refractivity contribution in [3.63, 3.8) is 0 Å². The minimum Gasteiger partial charge on any atom is -0.495 e. The van der Waals surface area contributed by atoms with E-state index in [2.05, 4.69) is 4.98 Å². The molecule has 0 radical (unpaired) electrons. The second-order valence-corrected chi connectivity index (χ2v) is 6.20. The zero-order valence-corrected chi connectivity index (χ0v) is 14.3. The molecule has 0 amide bonds. The molecule has 0 bridgehead atoms. The lowest BCUT2D eigenvalue weighted by Gasteiger charge is -2.26. The van der Waals surface area contributed by atoms with Crippen LogP contribution >= 0.6 is 0 Å². The van der Waals surface area contributed by atoms with E-state index in [9.17, 15) is 10.2 Å². The molecule has 7 heteroatoms. The first-order chi connectivity index (χ1) is 11.3. The van der Waals surface area contributed by atoms with Crippen molar-refractivity contribution in [2.45, 2.75) is 31.7 Å². The molecule has 2 N–H and O–H groups in total. The number of benzene rings is 1. The van der Waals surface area contributed by atoms with Crippen LogP contribution in [0.4, 0.5) is 0 Å². The number of ether oxygens (including phenoxy) is 4. The summed E-state index contributed by atoms with van der Waals surface area (Å²) in [4.78, 5) is 4.48. The van der Waals surface area contributed by atoms with Crippen molar-refractivity contribution in [1.29, 1.82) is 0 Å². The van der Waals surface area contributed by atoms with Crippen molar-refractivity contribution in [3.05, 3.63) is 17.7 Å². The summed E-state index contributed by atoms with van der Waals surface area (Å²) in [6.07, 6.45) is -1.90. The van der Waals surface area contributed by atoms with Gasteiger partial charge in [-0.3, -0.25) is 0 Å². The molecule has 1 aliphatic heterocycles. The fourth-order valence-electron chi connectivity index (χ4n) is 3.05. The number of methoxy groups -OCH3 is 3. The third kappa shape index (κ3) is 2.32. The molecular formula is C17H21NO6. The molecule has 0 saturated carbocycles. The van der Waals surface area contributed by atoms with Gasteiger partial charge in [-0.1, -0.05) is 0 Å². The molecule has 0 fully saturated rings. The number of hydrogen-bond acceptors (Lipinski definition) is 7. The minimum absolute atomic E-state index is 0.213. The summed E-state index contributed by atoms with van der Waals surface area (Å²) in [5.41, 5.74) is -0.334. The van der Waals surface area contributed by atoms with Gasteiger partial charge in [0.15, 0.2) is 17.6 Å². The minimum atomic E-state index is -1.25. The van der Waals surface area contributed by atoms with E-state index in [1.54, 1.807) is 33.1 Å². The second kappa shape index (κ2) is 5.68. The van der Waals surface area contributed by atoms with Crippen molar-refractivity contribution < 1.29 is 29.2 Å². The van der Waals surface area contributed by atoms with Crippen molar-refractivity contribution in [1.82, 2.24) is 4.98 Å². The summed E-state index contributed by atoms with van der Waals surface area (Å²) >= 11 is 0. The van der Waals surface area contributed by atoms with Crippen LogP contribution in [0, 0.1) is 0 Å². The zero-order valence-electron chi connectivity index (χ0n) is 14.3. The first kappa shape index (κ1) is 16.6. The van der Waals surface area contributed by atoms with E-state index in [-0.39, 0.29) is 5.88 Å². The fraction of sp³-hybridized carbons (Fsp3) is 0.471. The summed E-state index contributed by atoms with van der Waals surface area (Å²) in [5, 5.41) is 21.5. The molecule has 0 aliphatic carbocycles. The Hall–Kier alpha value is -2.25. The van der Waals surface area contributed by atoms with Gasteiger partial charge in [0.1, 0.15) is 17.4 Å². The maximum Gasteiger partial charge on any atom is 0.224 e. The Morgan fingerprint density at radius 2 is 1.75 bits per heavy atom. The molecule has 2 atom stereocenters. The third-order valence-electron chi connectivity index (χ3n) is 4.17. The van der Waals surface area contributed by atoms with Crippen LogP contribution in [0.3, 0.4) is 0 Å². The Labute approximate surface area is 139 Å². The Bertz CT molecular complexity index is 783. The quantitative estimate of drug-likeness (QED) is 0.881. The van der Waals surface area contributed by atoms with Crippen LogP contribution in [0.15, 0.2) is 12.1 Å². The van der Waals surface area contributed by atoms with E-state index in [1.165, 1.54) is 14.2 Å². The topological polar surface area (TPSA) is 90.3 Å². The molecule has 24 heavy (non-hydrogen) atoms. The summed E-state index contributed by atoms with van der Waals surface area (Å²) < 4.78 is 22.0. The molecule has 0 unspecified atom stereocenters. The molecule has 0 saturated heterocycles. The van der Waals surface area contributed by atoms with E-state index >= 15 is 0 Å². The lowest BCUT2D eigenvalue weighted by molar-refractivity contribution is -0.0773. The Balaban J connectivity index is 2.30. The number of aliphatic hydroxyl groups is 2. The predicted octanol–water partition coefficient (Wildman–Crippen LogP) is 1.83. The van der Waals surface area contributed by atoms with Crippen LogP contribution in [0.25, 0.3) is 10.9 Å². The number of aromatic nitrogens is 1. The van der Waals surface area contributed by atoms with Gasteiger partial charge in [0.05, 0.1) is 32.5 Å². The first-order valence-corrected chi connectivity index (χ1v) is 7.53.